The molecule has 68 valence electrons. The Kier molecular flexibility index (Phi) is 2.39. The molecule has 0 spiro atoms. The summed E-state index contributed by atoms with van der Waals surface area (Å²) in [5.74, 6) is 0.539. The van der Waals surface area contributed by atoms with Gasteiger partial charge in [-0.1, -0.05) is 0 Å². The van der Waals surface area contributed by atoms with Crippen LogP contribution in [0.3, 0.4) is 0 Å². The van der Waals surface area contributed by atoms with Crippen molar-refractivity contribution in [2.24, 2.45) is 0 Å². The summed E-state index contributed by atoms with van der Waals surface area (Å²) in [7, 11) is 1.34. The van der Waals surface area contributed by atoms with Crippen molar-refractivity contribution in [3.05, 3.63) is 5.82 Å². The third kappa shape index (κ3) is 1.59. The molecule has 0 saturated carbocycles. The Hall–Kier alpha value is -0.620. The van der Waals surface area contributed by atoms with Crippen molar-refractivity contribution in [2.75, 3.05) is 0 Å². The molecule has 0 aliphatic heterocycles. The first-order valence-corrected chi connectivity index (χ1v) is 5.62. The van der Waals surface area contributed by atoms with Gasteiger partial charge in [0.2, 0.25) is 0 Å². The molecular weight excluding hydrogens is 202 g/mol. The molecule has 0 amide bonds. The summed E-state index contributed by atoms with van der Waals surface area (Å²) >= 11 is 0. The van der Waals surface area contributed by atoms with Crippen LogP contribution in [0.1, 0.15) is 12.7 Å². The standard InChI is InChI=1S/C5H8ClN3O2S/c1-3-9-4(2)7-8-5(9)12(6,10)11/h3H2,1-2H3. The molecule has 1 aromatic heterocycles. The second kappa shape index (κ2) is 3.02. The van der Waals surface area contributed by atoms with Gasteiger partial charge in [0.1, 0.15) is 5.82 Å². The Labute approximate surface area is 74.8 Å². The van der Waals surface area contributed by atoms with E-state index < -0.39 is 9.05 Å². The summed E-state index contributed by atoms with van der Waals surface area (Å²) in [6.07, 6.45) is 0. The molecular formula is C5H8ClN3O2S. The molecule has 12 heavy (non-hydrogen) atoms. The first kappa shape index (κ1) is 9.47. The Morgan fingerprint density at radius 2 is 2.08 bits per heavy atom. The lowest BCUT2D eigenvalue weighted by Gasteiger charge is -2.00. The van der Waals surface area contributed by atoms with Crippen LogP contribution in [0.2, 0.25) is 0 Å². The highest BCUT2D eigenvalue weighted by Crippen LogP contribution is 2.12. The maximum absolute atomic E-state index is 10.9. The molecule has 0 bridgehead atoms. The highest BCUT2D eigenvalue weighted by molar-refractivity contribution is 8.13. The van der Waals surface area contributed by atoms with Gasteiger partial charge < -0.3 is 4.57 Å². The van der Waals surface area contributed by atoms with Gasteiger partial charge in [0, 0.05) is 17.2 Å². The first-order valence-electron chi connectivity index (χ1n) is 3.31. The normalized spacial score (nSPS) is 11.9. The van der Waals surface area contributed by atoms with Crippen LogP contribution in [0, 0.1) is 6.92 Å². The zero-order chi connectivity index (χ0) is 9.35. The van der Waals surface area contributed by atoms with Gasteiger partial charge in [0.05, 0.1) is 0 Å². The summed E-state index contributed by atoms with van der Waals surface area (Å²) in [5, 5.41) is 6.86. The predicted molar refractivity (Wildman–Crippen MR) is 43.5 cm³/mol. The monoisotopic (exact) mass is 209 g/mol. The number of rotatable bonds is 2. The van der Waals surface area contributed by atoms with Crippen LogP contribution in [0.5, 0.6) is 0 Å². The molecule has 1 rings (SSSR count). The smallest absolute Gasteiger partial charge is 0.296 e. The maximum Gasteiger partial charge on any atom is 0.296 e. The van der Waals surface area contributed by atoms with E-state index in [2.05, 4.69) is 10.2 Å². The molecule has 0 radical (unpaired) electrons. The lowest BCUT2D eigenvalue weighted by Crippen LogP contribution is -2.05. The van der Waals surface area contributed by atoms with Crippen molar-refractivity contribution in [2.45, 2.75) is 25.5 Å². The molecule has 0 aromatic carbocycles. The molecule has 7 heteroatoms. The SMILES string of the molecule is CCn1c(C)nnc1S(=O)(=O)Cl. The summed E-state index contributed by atoms with van der Waals surface area (Å²) in [5.41, 5.74) is 0. The molecule has 0 saturated heterocycles. The molecule has 0 fully saturated rings. The van der Waals surface area contributed by atoms with Gasteiger partial charge in [0.25, 0.3) is 14.2 Å². The number of hydrogen-bond donors (Lipinski definition) is 0. The predicted octanol–water partition coefficient (Wildman–Crippen LogP) is 0.534. The van der Waals surface area contributed by atoms with Gasteiger partial charge in [0.15, 0.2) is 0 Å². The van der Waals surface area contributed by atoms with E-state index in [0.717, 1.165) is 0 Å². The summed E-state index contributed by atoms with van der Waals surface area (Å²) in [6, 6.07) is 0. The maximum atomic E-state index is 10.9. The largest absolute Gasteiger partial charge is 0.301 e. The van der Waals surface area contributed by atoms with Crippen LogP contribution in [0.25, 0.3) is 0 Å². The van der Waals surface area contributed by atoms with E-state index in [-0.39, 0.29) is 5.16 Å². The Balaban J connectivity index is 3.36. The van der Waals surface area contributed by atoms with Crippen molar-refractivity contribution < 1.29 is 8.42 Å². The van der Waals surface area contributed by atoms with E-state index in [0.29, 0.717) is 12.4 Å². The molecule has 0 unspecified atom stereocenters. The van der Waals surface area contributed by atoms with E-state index in [1.807, 2.05) is 0 Å². The minimum absolute atomic E-state index is 0.191. The molecule has 0 aliphatic rings. The van der Waals surface area contributed by atoms with Crippen molar-refractivity contribution in [1.29, 1.82) is 0 Å². The Bertz CT molecular complexity index is 383. The summed E-state index contributed by atoms with van der Waals surface area (Å²) in [4.78, 5) is 0. The third-order valence-corrected chi connectivity index (χ3v) is 2.59. The van der Waals surface area contributed by atoms with Crippen molar-refractivity contribution >= 4 is 19.7 Å². The van der Waals surface area contributed by atoms with E-state index >= 15 is 0 Å². The lowest BCUT2D eigenvalue weighted by molar-refractivity contribution is 0.578. The van der Waals surface area contributed by atoms with E-state index in [9.17, 15) is 8.42 Å². The molecule has 0 aliphatic carbocycles. The van der Waals surface area contributed by atoms with Crippen LogP contribution in [-0.2, 0) is 15.6 Å². The van der Waals surface area contributed by atoms with Crippen molar-refractivity contribution in [3.8, 4) is 0 Å². The summed E-state index contributed by atoms with van der Waals surface area (Å²) in [6.45, 7) is 3.95. The van der Waals surface area contributed by atoms with Gasteiger partial charge in [-0.05, 0) is 13.8 Å². The second-order valence-electron chi connectivity index (χ2n) is 2.21. The second-order valence-corrected chi connectivity index (χ2v) is 4.67. The van der Waals surface area contributed by atoms with Crippen LogP contribution >= 0.6 is 10.7 Å². The third-order valence-electron chi connectivity index (χ3n) is 1.44. The average Bonchev–Trinajstić information content (AvgIpc) is 2.29. The molecule has 0 atom stereocenters. The topological polar surface area (TPSA) is 64.8 Å². The van der Waals surface area contributed by atoms with E-state index in [1.165, 1.54) is 4.57 Å². The summed E-state index contributed by atoms with van der Waals surface area (Å²) < 4.78 is 23.2. The molecule has 1 heterocycles. The highest BCUT2D eigenvalue weighted by atomic mass is 35.7. The van der Waals surface area contributed by atoms with Gasteiger partial charge >= 0.3 is 0 Å². The fourth-order valence-corrected chi connectivity index (χ4v) is 1.91. The first-order chi connectivity index (χ1) is 5.46. The van der Waals surface area contributed by atoms with Crippen LogP contribution < -0.4 is 0 Å². The number of aryl methyl sites for hydroxylation is 1. The highest BCUT2D eigenvalue weighted by Gasteiger charge is 2.19. The fourth-order valence-electron chi connectivity index (χ4n) is 0.906. The quantitative estimate of drug-likeness (QED) is 0.667. The van der Waals surface area contributed by atoms with Crippen LogP contribution in [0.4, 0.5) is 0 Å². The van der Waals surface area contributed by atoms with Gasteiger partial charge in [-0.2, -0.15) is 0 Å². The van der Waals surface area contributed by atoms with Gasteiger partial charge in [-0.3, -0.25) is 0 Å². The fraction of sp³-hybridized carbons (Fsp3) is 0.600. The minimum Gasteiger partial charge on any atom is -0.301 e. The van der Waals surface area contributed by atoms with E-state index in [1.54, 1.807) is 13.8 Å². The van der Waals surface area contributed by atoms with Crippen LogP contribution in [-0.4, -0.2) is 23.2 Å². The molecule has 1 aromatic rings. The molecule has 0 N–H and O–H groups in total. The van der Waals surface area contributed by atoms with Crippen molar-refractivity contribution in [3.63, 3.8) is 0 Å². The van der Waals surface area contributed by atoms with Crippen molar-refractivity contribution in [1.82, 2.24) is 14.8 Å². The number of nitrogens with zero attached hydrogens (tertiary/aromatic N) is 3. The van der Waals surface area contributed by atoms with E-state index in [4.69, 9.17) is 10.7 Å². The Morgan fingerprint density at radius 3 is 2.42 bits per heavy atom. The molecule has 5 nitrogen and oxygen atoms in total. The van der Waals surface area contributed by atoms with Gasteiger partial charge in [-0.25, -0.2) is 8.42 Å². The number of aromatic nitrogens is 3. The lowest BCUT2D eigenvalue weighted by atomic mass is 10.6. The number of hydrogen-bond acceptors (Lipinski definition) is 4. The zero-order valence-corrected chi connectivity index (χ0v) is 8.22. The van der Waals surface area contributed by atoms with Gasteiger partial charge in [-0.15, -0.1) is 10.2 Å². The number of halogens is 1. The minimum atomic E-state index is -3.76. The Morgan fingerprint density at radius 1 is 1.50 bits per heavy atom. The average molecular weight is 210 g/mol. The van der Waals surface area contributed by atoms with Crippen LogP contribution in [0.15, 0.2) is 5.16 Å². The zero-order valence-electron chi connectivity index (χ0n) is 6.65.